The Labute approximate surface area is 97.6 Å². The Kier molecular flexibility index (Phi) is 10.3. The fraction of sp³-hybridized carbons (Fsp3) is 0.714. The fourth-order valence-corrected chi connectivity index (χ4v) is 0. The number of halogens is 6. The van der Waals surface area contributed by atoms with Crippen molar-refractivity contribution in [2.24, 2.45) is 0 Å². The van der Waals surface area contributed by atoms with Gasteiger partial charge in [-0.15, -0.1) is 0 Å². The molecule has 0 radical (unpaired) electrons. The Morgan fingerprint density at radius 2 is 1.06 bits per heavy atom. The third kappa shape index (κ3) is 24.0. The number of hydrogen-bond acceptors (Lipinski definition) is 3. The van der Waals surface area contributed by atoms with Gasteiger partial charge in [-0.25, -0.2) is 4.79 Å². The third-order valence-corrected chi connectivity index (χ3v) is 0.474. The molecule has 110 valence electrons. The molecule has 0 aromatic carbocycles. The van der Waals surface area contributed by atoms with E-state index in [1.807, 2.05) is 0 Å². The number of hydrogen-bond donors (Lipinski definition) is 2. The molecule has 0 aromatic heterocycles. The highest BCUT2D eigenvalue weighted by Gasteiger charge is 2.38. The summed E-state index contributed by atoms with van der Waals surface area (Å²) in [7, 11) is 6.25. The second-order valence-electron chi connectivity index (χ2n) is 3.09. The molecule has 0 aromatic rings. The Morgan fingerprint density at radius 1 is 0.944 bits per heavy atom. The molecule has 0 saturated heterocycles. The van der Waals surface area contributed by atoms with Gasteiger partial charge in [0.1, 0.15) is 5.97 Å². The summed E-state index contributed by atoms with van der Waals surface area (Å²) >= 11 is 0. The molecule has 0 rings (SSSR count). The number of carboxylic acids is 2. The van der Waals surface area contributed by atoms with Gasteiger partial charge in [0, 0.05) is 0 Å². The minimum absolute atomic E-state index is 1.42. The molecule has 2 N–H and O–H groups in total. The van der Waals surface area contributed by atoms with Crippen LogP contribution in [0.15, 0.2) is 0 Å². The number of rotatable bonds is 0. The van der Waals surface area contributed by atoms with Crippen molar-refractivity contribution in [2.75, 3.05) is 21.1 Å². The fourth-order valence-electron chi connectivity index (χ4n) is 0. The van der Waals surface area contributed by atoms with E-state index >= 15 is 0 Å². The van der Waals surface area contributed by atoms with Gasteiger partial charge >= 0.3 is 18.3 Å². The number of carbonyl (C=O) groups is 2. The van der Waals surface area contributed by atoms with Crippen LogP contribution in [0.1, 0.15) is 0 Å². The zero-order valence-electron chi connectivity index (χ0n) is 9.44. The maximum Gasteiger partial charge on any atom is 0.490 e. The van der Waals surface area contributed by atoms with E-state index in [9.17, 15) is 26.3 Å². The van der Waals surface area contributed by atoms with Gasteiger partial charge in [0.2, 0.25) is 0 Å². The lowest BCUT2D eigenvalue weighted by atomic mass is 10.7. The first-order valence-corrected chi connectivity index (χ1v) is 3.97. The van der Waals surface area contributed by atoms with Crippen molar-refractivity contribution in [3.05, 3.63) is 0 Å². The summed E-state index contributed by atoms with van der Waals surface area (Å²) in [5, 5.41) is 15.9. The molecular formula is C7H11F6NO4. The highest BCUT2D eigenvalue weighted by molar-refractivity contribution is 5.73. The lowest BCUT2D eigenvalue weighted by Crippen LogP contribution is -3.02. The highest BCUT2D eigenvalue weighted by atomic mass is 19.4. The molecule has 0 aliphatic heterocycles. The predicted octanol–water partition coefficient (Wildman–Crippen LogP) is -1.31. The largest absolute Gasteiger partial charge is 0.542 e. The number of carboxylic acid groups (broad SMARTS) is 2. The summed E-state index contributed by atoms with van der Waals surface area (Å²) in [6.45, 7) is 0. The van der Waals surface area contributed by atoms with Crippen LogP contribution in [-0.2, 0) is 9.59 Å². The molecule has 0 saturated carbocycles. The van der Waals surface area contributed by atoms with Crippen molar-refractivity contribution in [3.63, 3.8) is 0 Å². The second-order valence-corrected chi connectivity index (χ2v) is 3.09. The van der Waals surface area contributed by atoms with Crippen LogP contribution in [0.3, 0.4) is 0 Å². The Bertz CT molecular complexity index is 233. The standard InChI is InChI=1S/C3H9N.2C2HF3O2/c1-4(2)3;2*3-2(4,5)1(6)7/h1-3H3;2*(H,6,7). The monoisotopic (exact) mass is 287 g/mol. The number of alkyl halides is 6. The maximum atomic E-state index is 10.6. The van der Waals surface area contributed by atoms with Gasteiger partial charge in [-0.2, -0.15) is 26.3 Å². The van der Waals surface area contributed by atoms with Crippen LogP contribution in [0.5, 0.6) is 0 Å². The van der Waals surface area contributed by atoms with Gasteiger partial charge < -0.3 is 19.9 Å². The molecule has 0 fully saturated rings. The van der Waals surface area contributed by atoms with Crippen molar-refractivity contribution >= 4 is 11.9 Å². The first-order valence-electron chi connectivity index (χ1n) is 3.97. The zero-order valence-corrected chi connectivity index (χ0v) is 9.44. The topological polar surface area (TPSA) is 81.9 Å². The molecule has 0 spiro atoms. The second kappa shape index (κ2) is 8.55. The molecule has 0 heterocycles. The summed E-state index contributed by atoms with van der Waals surface area (Å²) in [6.07, 6.45) is -10.3. The molecule has 0 amide bonds. The SMILES string of the molecule is C[NH+](C)C.O=C(O)C(F)(F)F.O=C([O-])C(F)(F)F. The first-order chi connectivity index (χ1) is 7.62. The Hall–Kier alpha value is -1.52. The van der Waals surface area contributed by atoms with Crippen LogP contribution in [0.4, 0.5) is 26.3 Å². The molecule has 0 aliphatic rings. The van der Waals surface area contributed by atoms with Crippen LogP contribution in [0.2, 0.25) is 0 Å². The van der Waals surface area contributed by atoms with Gasteiger partial charge in [0.15, 0.2) is 0 Å². The van der Waals surface area contributed by atoms with Gasteiger partial charge in [0.05, 0.1) is 21.1 Å². The smallest absolute Gasteiger partial charge is 0.490 e. The Morgan fingerprint density at radius 3 is 1.06 bits per heavy atom. The Balaban J connectivity index is -0.000000196. The van der Waals surface area contributed by atoms with E-state index in [1.54, 1.807) is 0 Å². The summed E-state index contributed by atoms with van der Waals surface area (Å²) < 4.78 is 63.3. The number of carbonyl (C=O) groups excluding carboxylic acids is 1. The molecular weight excluding hydrogens is 276 g/mol. The van der Waals surface area contributed by atoms with Crippen LogP contribution < -0.4 is 10.0 Å². The summed E-state index contributed by atoms with van der Waals surface area (Å²) in [5.74, 6) is -5.76. The lowest BCUT2D eigenvalue weighted by molar-refractivity contribution is -0.836. The predicted molar refractivity (Wildman–Crippen MR) is 43.5 cm³/mol. The zero-order chi connectivity index (χ0) is 15.7. The van der Waals surface area contributed by atoms with Gasteiger partial charge in [-0.1, -0.05) is 0 Å². The average molecular weight is 287 g/mol. The van der Waals surface area contributed by atoms with E-state index in [2.05, 4.69) is 21.1 Å². The van der Waals surface area contributed by atoms with Crippen LogP contribution >= 0.6 is 0 Å². The van der Waals surface area contributed by atoms with E-state index in [0.717, 1.165) is 0 Å². The first kappa shape index (κ1) is 21.7. The molecule has 0 aliphatic carbocycles. The van der Waals surface area contributed by atoms with Crippen LogP contribution in [-0.4, -0.2) is 50.5 Å². The van der Waals surface area contributed by atoms with Crippen molar-refractivity contribution in [2.45, 2.75) is 12.4 Å². The minimum Gasteiger partial charge on any atom is -0.542 e. The third-order valence-electron chi connectivity index (χ3n) is 0.474. The normalized spacial score (nSPS) is 10.8. The van der Waals surface area contributed by atoms with E-state index in [4.69, 9.17) is 19.8 Å². The van der Waals surface area contributed by atoms with E-state index in [0.29, 0.717) is 0 Å². The quantitative estimate of drug-likeness (QED) is 0.542. The maximum absolute atomic E-state index is 10.6. The van der Waals surface area contributed by atoms with E-state index < -0.39 is 24.3 Å². The van der Waals surface area contributed by atoms with E-state index in [1.165, 1.54) is 4.90 Å². The van der Waals surface area contributed by atoms with Crippen LogP contribution in [0, 0.1) is 0 Å². The molecule has 0 atom stereocenters. The van der Waals surface area contributed by atoms with Gasteiger partial charge in [-0.3, -0.25) is 0 Å². The van der Waals surface area contributed by atoms with Crippen LogP contribution in [0.25, 0.3) is 0 Å². The summed E-state index contributed by atoms with van der Waals surface area (Å²) in [5.41, 5.74) is 0. The molecule has 11 heteroatoms. The minimum atomic E-state index is -5.19. The van der Waals surface area contributed by atoms with Crippen molar-refractivity contribution in [1.82, 2.24) is 0 Å². The lowest BCUT2D eigenvalue weighted by Gasteiger charge is -2.03. The molecule has 0 unspecified atom stereocenters. The van der Waals surface area contributed by atoms with Gasteiger partial charge in [0.25, 0.3) is 0 Å². The van der Waals surface area contributed by atoms with Gasteiger partial charge in [-0.05, 0) is 0 Å². The molecule has 18 heavy (non-hydrogen) atoms. The van der Waals surface area contributed by atoms with Crippen molar-refractivity contribution in [1.29, 1.82) is 0 Å². The number of quaternary nitrogens is 1. The van der Waals surface area contributed by atoms with E-state index in [-0.39, 0.29) is 0 Å². The molecule has 0 bridgehead atoms. The average Bonchev–Trinajstić information content (AvgIpc) is 1.99. The van der Waals surface area contributed by atoms with Crippen molar-refractivity contribution in [3.8, 4) is 0 Å². The molecule has 5 nitrogen and oxygen atoms in total. The number of nitrogens with one attached hydrogen (secondary N) is 1. The summed E-state index contributed by atoms with van der Waals surface area (Å²) in [6, 6.07) is 0. The van der Waals surface area contributed by atoms with Crippen molar-refractivity contribution < 1.29 is 51.0 Å². The highest BCUT2D eigenvalue weighted by Crippen LogP contribution is 2.13. The summed E-state index contributed by atoms with van der Waals surface area (Å²) in [4.78, 5) is 19.1. The number of aliphatic carboxylic acids is 2.